The Bertz CT molecular complexity index is 645. The summed E-state index contributed by atoms with van der Waals surface area (Å²) in [4.78, 5) is 0. The van der Waals surface area contributed by atoms with Gasteiger partial charge in [-0.3, -0.25) is 0 Å². The van der Waals surface area contributed by atoms with Gasteiger partial charge in [0, 0.05) is 5.56 Å². The number of rotatable bonds is 1. The number of benzene rings is 2. The van der Waals surface area contributed by atoms with Crippen molar-refractivity contribution in [1.82, 2.24) is 0 Å². The first-order valence-electron chi connectivity index (χ1n) is 8.10. The maximum absolute atomic E-state index is 9.92. The first-order chi connectivity index (χ1) is 10.6. The molecule has 2 nitrogen and oxygen atoms in total. The smallest absolute Gasteiger partial charge is 0.126 e. The van der Waals surface area contributed by atoms with Gasteiger partial charge < -0.3 is 10.2 Å². The Morgan fingerprint density at radius 3 is 2.18 bits per heavy atom. The fourth-order valence-electron chi connectivity index (χ4n) is 3.30. The third kappa shape index (κ3) is 3.17. The number of fused-ring (bicyclic) bond motifs is 1. The molecule has 2 aromatic rings. The van der Waals surface area contributed by atoms with Crippen LogP contribution < -0.4 is 0 Å². The van der Waals surface area contributed by atoms with Gasteiger partial charge in [0.25, 0.3) is 0 Å². The van der Waals surface area contributed by atoms with E-state index in [-0.39, 0.29) is 6.10 Å². The van der Waals surface area contributed by atoms with E-state index < -0.39 is 0 Å². The zero-order chi connectivity index (χ0) is 15.7. The van der Waals surface area contributed by atoms with Gasteiger partial charge >= 0.3 is 0 Å². The summed E-state index contributed by atoms with van der Waals surface area (Å²) in [6.07, 6.45) is 3.78. The van der Waals surface area contributed by atoms with Crippen LogP contribution in [0.25, 0.3) is 11.1 Å². The first kappa shape index (κ1) is 15.1. The van der Waals surface area contributed by atoms with E-state index in [1.807, 2.05) is 37.3 Å². The molecule has 2 aliphatic carbocycles. The molecular formula is C20H24O2. The van der Waals surface area contributed by atoms with Gasteiger partial charge in [-0.25, -0.2) is 0 Å². The number of aryl methyl sites for hydroxylation is 2. The predicted molar refractivity (Wildman–Crippen MR) is 89.9 cm³/mol. The molecule has 0 bridgehead atoms. The number of phenolic OH excluding ortho intramolecular Hbond substituents is 1. The van der Waals surface area contributed by atoms with Gasteiger partial charge in [-0.2, -0.15) is 0 Å². The van der Waals surface area contributed by atoms with Gasteiger partial charge in [-0.1, -0.05) is 48.0 Å². The number of aromatic hydroxyl groups is 1. The molecule has 0 saturated heterocycles. The number of para-hydroxylation sites is 1. The Balaban J connectivity index is 0.000000169. The first-order valence-corrected chi connectivity index (χ1v) is 8.10. The topological polar surface area (TPSA) is 40.5 Å². The molecule has 0 amide bonds. The van der Waals surface area contributed by atoms with Crippen LogP contribution in [0, 0.1) is 25.7 Å². The highest BCUT2D eigenvalue weighted by Gasteiger charge is 2.47. The highest BCUT2D eigenvalue weighted by atomic mass is 16.3. The molecule has 3 unspecified atom stereocenters. The Morgan fingerprint density at radius 1 is 0.955 bits per heavy atom. The highest BCUT2D eigenvalue weighted by molar-refractivity contribution is 5.71. The molecule has 2 fully saturated rings. The molecule has 0 radical (unpaired) electrons. The maximum Gasteiger partial charge on any atom is 0.126 e. The summed E-state index contributed by atoms with van der Waals surface area (Å²) in [5, 5.41) is 19.0. The van der Waals surface area contributed by atoms with E-state index >= 15 is 0 Å². The fourth-order valence-corrected chi connectivity index (χ4v) is 3.30. The van der Waals surface area contributed by atoms with Gasteiger partial charge in [0.2, 0.25) is 0 Å². The summed E-state index contributed by atoms with van der Waals surface area (Å²) in [5.74, 6) is 2.05. The highest BCUT2D eigenvalue weighted by Crippen LogP contribution is 2.51. The largest absolute Gasteiger partial charge is 0.507 e. The van der Waals surface area contributed by atoms with Crippen molar-refractivity contribution < 1.29 is 10.2 Å². The second-order valence-electron chi connectivity index (χ2n) is 6.64. The molecule has 0 spiro atoms. The lowest BCUT2D eigenvalue weighted by Crippen LogP contribution is -2.02. The number of hydrogen-bond acceptors (Lipinski definition) is 2. The third-order valence-electron chi connectivity index (χ3n) is 4.91. The Hall–Kier alpha value is -1.80. The number of aliphatic hydroxyl groups is 1. The van der Waals surface area contributed by atoms with Crippen LogP contribution in [0.5, 0.6) is 5.75 Å². The molecule has 2 heteroatoms. The molecule has 0 aliphatic heterocycles. The summed E-state index contributed by atoms with van der Waals surface area (Å²) in [7, 11) is 0. The zero-order valence-electron chi connectivity index (χ0n) is 13.3. The van der Waals surface area contributed by atoms with Crippen LogP contribution >= 0.6 is 0 Å². The summed E-state index contributed by atoms with van der Waals surface area (Å²) >= 11 is 0. The number of phenols is 1. The Kier molecular flexibility index (Phi) is 4.21. The Labute approximate surface area is 132 Å². The molecule has 0 aromatic heterocycles. The van der Waals surface area contributed by atoms with Crippen LogP contribution in [0.3, 0.4) is 0 Å². The molecule has 2 N–H and O–H groups in total. The van der Waals surface area contributed by atoms with Crippen LogP contribution in [0.4, 0.5) is 0 Å². The van der Waals surface area contributed by atoms with E-state index in [4.69, 9.17) is 5.11 Å². The van der Waals surface area contributed by atoms with E-state index in [1.165, 1.54) is 18.4 Å². The molecule has 2 aromatic carbocycles. The SMILES string of the molecule is Cc1ccc(-c2cccc(C)c2O)cc1.OC1CCC2CC12. The van der Waals surface area contributed by atoms with Gasteiger partial charge in [0.15, 0.2) is 0 Å². The Morgan fingerprint density at radius 2 is 1.68 bits per heavy atom. The van der Waals surface area contributed by atoms with Crippen molar-refractivity contribution >= 4 is 0 Å². The quantitative estimate of drug-likeness (QED) is 0.816. The summed E-state index contributed by atoms with van der Waals surface area (Å²) in [6.45, 7) is 3.97. The van der Waals surface area contributed by atoms with Gasteiger partial charge in [0.1, 0.15) is 5.75 Å². The summed E-state index contributed by atoms with van der Waals surface area (Å²) in [6, 6.07) is 14.0. The van der Waals surface area contributed by atoms with Crippen molar-refractivity contribution in [3.05, 3.63) is 53.6 Å². The van der Waals surface area contributed by atoms with E-state index in [0.29, 0.717) is 5.75 Å². The third-order valence-corrected chi connectivity index (χ3v) is 4.91. The average Bonchev–Trinajstić information content (AvgIpc) is 3.22. The van der Waals surface area contributed by atoms with Crippen molar-refractivity contribution in [2.75, 3.05) is 0 Å². The fraction of sp³-hybridized carbons (Fsp3) is 0.400. The number of aliphatic hydroxyl groups excluding tert-OH is 1. The molecule has 0 heterocycles. The van der Waals surface area contributed by atoms with E-state index in [0.717, 1.165) is 34.9 Å². The van der Waals surface area contributed by atoms with Crippen molar-refractivity contribution in [1.29, 1.82) is 0 Å². The van der Waals surface area contributed by atoms with Crippen LogP contribution in [-0.4, -0.2) is 16.3 Å². The normalized spacial score (nSPS) is 25.1. The lowest BCUT2D eigenvalue weighted by atomic mass is 10.0. The lowest BCUT2D eigenvalue weighted by Gasteiger charge is -2.07. The van der Waals surface area contributed by atoms with Crippen molar-refractivity contribution in [2.45, 2.75) is 39.2 Å². The van der Waals surface area contributed by atoms with Crippen molar-refractivity contribution in [2.24, 2.45) is 11.8 Å². The minimum atomic E-state index is 0.0880. The van der Waals surface area contributed by atoms with E-state index in [2.05, 4.69) is 19.1 Å². The van der Waals surface area contributed by atoms with Gasteiger partial charge in [-0.15, -0.1) is 0 Å². The van der Waals surface area contributed by atoms with Crippen LogP contribution in [-0.2, 0) is 0 Å². The molecule has 116 valence electrons. The molecule has 2 saturated carbocycles. The second kappa shape index (κ2) is 6.13. The average molecular weight is 296 g/mol. The van der Waals surface area contributed by atoms with E-state index in [1.54, 1.807) is 0 Å². The predicted octanol–water partition coefficient (Wildman–Crippen LogP) is 4.45. The minimum absolute atomic E-state index is 0.0880. The van der Waals surface area contributed by atoms with E-state index in [9.17, 15) is 5.11 Å². The van der Waals surface area contributed by atoms with Crippen molar-refractivity contribution in [3.8, 4) is 16.9 Å². The van der Waals surface area contributed by atoms with Crippen LogP contribution in [0.15, 0.2) is 42.5 Å². The molecule has 2 aliphatic rings. The van der Waals surface area contributed by atoms with Gasteiger partial charge in [0.05, 0.1) is 6.10 Å². The maximum atomic E-state index is 9.92. The number of hydrogen-bond donors (Lipinski definition) is 2. The second-order valence-corrected chi connectivity index (χ2v) is 6.64. The molecule has 22 heavy (non-hydrogen) atoms. The monoisotopic (exact) mass is 296 g/mol. The lowest BCUT2D eigenvalue weighted by molar-refractivity contribution is 0.159. The standard InChI is InChI=1S/C14H14O.C6H10O/c1-10-6-8-12(9-7-10)13-5-3-4-11(2)14(13)15;7-6-2-1-4-3-5(4)6/h3-9,15H,1-2H3;4-7H,1-3H2. The molecule has 4 rings (SSSR count). The summed E-state index contributed by atoms with van der Waals surface area (Å²) in [5.41, 5.74) is 4.09. The minimum Gasteiger partial charge on any atom is -0.507 e. The van der Waals surface area contributed by atoms with Crippen LogP contribution in [0.1, 0.15) is 30.4 Å². The molecular weight excluding hydrogens is 272 g/mol. The van der Waals surface area contributed by atoms with Crippen molar-refractivity contribution in [3.63, 3.8) is 0 Å². The molecule has 3 atom stereocenters. The van der Waals surface area contributed by atoms with Crippen LogP contribution in [0.2, 0.25) is 0 Å². The summed E-state index contributed by atoms with van der Waals surface area (Å²) < 4.78 is 0. The zero-order valence-corrected chi connectivity index (χ0v) is 13.3. The van der Waals surface area contributed by atoms with Gasteiger partial charge in [-0.05, 0) is 56.1 Å².